The van der Waals surface area contributed by atoms with Gasteiger partial charge in [0.25, 0.3) is 5.91 Å². The number of benzene rings is 2. The number of hydrogen-bond acceptors (Lipinski definition) is 4. The van der Waals surface area contributed by atoms with Crippen molar-refractivity contribution in [1.82, 2.24) is 16.0 Å². The molecular weight excluding hydrogens is 354 g/mol. The van der Waals surface area contributed by atoms with Crippen LogP contribution in [-0.2, 0) is 24.4 Å². The van der Waals surface area contributed by atoms with Crippen molar-refractivity contribution in [2.75, 3.05) is 7.11 Å². The van der Waals surface area contributed by atoms with Gasteiger partial charge < -0.3 is 20.7 Å². The third kappa shape index (κ3) is 4.70. The van der Waals surface area contributed by atoms with Gasteiger partial charge in [-0.25, -0.2) is 0 Å². The van der Waals surface area contributed by atoms with Crippen molar-refractivity contribution >= 4 is 11.8 Å². The Morgan fingerprint density at radius 1 is 1.07 bits per heavy atom. The minimum Gasteiger partial charge on any atom is -0.497 e. The first-order valence-electron chi connectivity index (χ1n) is 9.52. The van der Waals surface area contributed by atoms with Crippen molar-refractivity contribution in [3.05, 3.63) is 64.7 Å². The molecule has 3 N–H and O–H groups in total. The highest BCUT2D eigenvalue weighted by atomic mass is 16.5. The van der Waals surface area contributed by atoms with E-state index in [9.17, 15) is 9.59 Å². The first-order chi connectivity index (χ1) is 13.5. The zero-order valence-electron chi connectivity index (χ0n) is 16.5. The number of fused-ring (bicyclic) bond motifs is 1. The van der Waals surface area contributed by atoms with E-state index in [1.165, 1.54) is 11.1 Å². The van der Waals surface area contributed by atoms with Gasteiger partial charge in [0.2, 0.25) is 5.91 Å². The maximum atomic E-state index is 12.7. The van der Waals surface area contributed by atoms with E-state index in [1.807, 2.05) is 19.9 Å². The molecule has 1 heterocycles. The Balaban J connectivity index is 1.60. The zero-order chi connectivity index (χ0) is 20.1. The second kappa shape index (κ2) is 8.89. The predicted octanol–water partition coefficient (Wildman–Crippen LogP) is 2.37. The van der Waals surface area contributed by atoms with Gasteiger partial charge in [-0.2, -0.15) is 0 Å². The summed E-state index contributed by atoms with van der Waals surface area (Å²) in [6, 6.07) is 12.5. The van der Waals surface area contributed by atoms with Crippen LogP contribution in [0.15, 0.2) is 42.5 Å². The number of carbonyl (C=O) groups is 2. The topological polar surface area (TPSA) is 79.5 Å². The SMILES string of the molecule is COc1ccc(C(=O)NC(C(=O)NCc2ccc3c(c2)CNC3)C(C)C)cc1. The van der Waals surface area contributed by atoms with E-state index in [2.05, 4.69) is 28.1 Å². The Morgan fingerprint density at radius 2 is 1.79 bits per heavy atom. The molecule has 0 saturated heterocycles. The summed E-state index contributed by atoms with van der Waals surface area (Å²) >= 11 is 0. The van der Waals surface area contributed by atoms with E-state index < -0.39 is 6.04 Å². The van der Waals surface area contributed by atoms with E-state index in [0.29, 0.717) is 17.9 Å². The van der Waals surface area contributed by atoms with Crippen molar-refractivity contribution in [1.29, 1.82) is 0 Å². The lowest BCUT2D eigenvalue weighted by Gasteiger charge is -2.22. The van der Waals surface area contributed by atoms with Gasteiger partial charge in [0, 0.05) is 25.2 Å². The Hall–Kier alpha value is -2.86. The monoisotopic (exact) mass is 381 g/mol. The molecule has 0 spiro atoms. The minimum absolute atomic E-state index is 0.0357. The molecular formula is C22H27N3O3. The fourth-order valence-corrected chi connectivity index (χ4v) is 3.26. The quantitative estimate of drug-likeness (QED) is 0.688. The second-order valence-corrected chi connectivity index (χ2v) is 7.35. The standard InChI is InChI=1S/C22H27N3O3/c1-14(2)20(25-21(26)16-6-8-19(28-3)9-7-16)22(27)24-11-15-4-5-17-12-23-13-18(17)10-15/h4-10,14,20,23H,11-13H2,1-3H3,(H,24,27)(H,25,26). The van der Waals surface area contributed by atoms with E-state index >= 15 is 0 Å². The number of rotatable bonds is 7. The van der Waals surface area contributed by atoms with Gasteiger partial charge >= 0.3 is 0 Å². The number of hydrogen-bond donors (Lipinski definition) is 3. The summed E-state index contributed by atoms with van der Waals surface area (Å²) in [6.07, 6.45) is 0. The predicted molar refractivity (Wildman–Crippen MR) is 108 cm³/mol. The van der Waals surface area contributed by atoms with Crippen molar-refractivity contribution in [2.24, 2.45) is 5.92 Å². The molecule has 0 fully saturated rings. The molecule has 0 bridgehead atoms. The zero-order valence-corrected chi connectivity index (χ0v) is 16.5. The van der Waals surface area contributed by atoms with Crippen LogP contribution in [0.3, 0.4) is 0 Å². The Labute approximate surface area is 165 Å². The Morgan fingerprint density at radius 3 is 2.46 bits per heavy atom. The molecule has 6 nitrogen and oxygen atoms in total. The molecule has 3 rings (SSSR count). The first-order valence-corrected chi connectivity index (χ1v) is 9.52. The molecule has 0 aliphatic carbocycles. The smallest absolute Gasteiger partial charge is 0.251 e. The number of amides is 2. The third-order valence-electron chi connectivity index (χ3n) is 4.96. The van der Waals surface area contributed by atoms with Gasteiger partial charge in [-0.05, 0) is 46.9 Å². The van der Waals surface area contributed by atoms with Crippen molar-refractivity contribution in [3.8, 4) is 5.75 Å². The molecule has 2 aromatic rings. The fraction of sp³-hybridized carbons (Fsp3) is 0.364. The first kappa shape index (κ1) is 19.9. The van der Waals surface area contributed by atoms with Crippen molar-refractivity contribution in [3.63, 3.8) is 0 Å². The molecule has 28 heavy (non-hydrogen) atoms. The average Bonchev–Trinajstić information content (AvgIpc) is 3.17. The Bertz CT molecular complexity index is 847. The summed E-state index contributed by atoms with van der Waals surface area (Å²) in [4.78, 5) is 25.2. The van der Waals surface area contributed by atoms with Crippen LogP contribution in [0.2, 0.25) is 0 Å². The highest BCUT2D eigenvalue weighted by Crippen LogP contribution is 2.17. The lowest BCUT2D eigenvalue weighted by atomic mass is 10.0. The molecule has 1 atom stereocenters. The number of methoxy groups -OCH3 is 1. The van der Waals surface area contributed by atoms with Crippen molar-refractivity contribution in [2.45, 2.75) is 39.5 Å². The van der Waals surface area contributed by atoms with Crippen LogP contribution in [0.1, 0.15) is 40.9 Å². The summed E-state index contributed by atoms with van der Waals surface area (Å²) in [6.45, 7) is 6.03. The summed E-state index contributed by atoms with van der Waals surface area (Å²) < 4.78 is 5.11. The van der Waals surface area contributed by atoms with Crippen molar-refractivity contribution < 1.29 is 14.3 Å². The second-order valence-electron chi connectivity index (χ2n) is 7.35. The fourth-order valence-electron chi connectivity index (χ4n) is 3.26. The van der Waals surface area contributed by atoms with E-state index in [-0.39, 0.29) is 17.7 Å². The highest BCUT2D eigenvalue weighted by molar-refractivity contribution is 5.97. The van der Waals surface area contributed by atoms with Crippen LogP contribution in [0.25, 0.3) is 0 Å². The highest BCUT2D eigenvalue weighted by Gasteiger charge is 2.24. The van der Waals surface area contributed by atoms with Crippen LogP contribution in [0, 0.1) is 5.92 Å². The number of ether oxygens (including phenoxy) is 1. The summed E-state index contributed by atoms with van der Waals surface area (Å²) in [5, 5.41) is 9.11. The van der Waals surface area contributed by atoms with Gasteiger partial charge in [-0.1, -0.05) is 32.0 Å². The van der Waals surface area contributed by atoms with E-state index in [4.69, 9.17) is 4.74 Å². The minimum atomic E-state index is -0.606. The lowest BCUT2D eigenvalue weighted by Crippen LogP contribution is -2.49. The maximum absolute atomic E-state index is 12.7. The van der Waals surface area contributed by atoms with Crippen LogP contribution < -0.4 is 20.7 Å². The van der Waals surface area contributed by atoms with Gasteiger partial charge in [-0.15, -0.1) is 0 Å². The Kier molecular flexibility index (Phi) is 6.31. The molecule has 148 valence electrons. The summed E-state index contributed by atoms with van der Waals surface area (Å²) in [7, 11) is 1.58. The van der Waals surface area contributed by atoms with Crippen LogP contribution >= 0.6 is 0 Å². The molecule has 0 radical (unpaired) electrons. The molecule has 1 unspecified atom stereocenters. The van der Waals surface area contributed by atoms with Crippen LogP contribution in [-0.4, -0.2) is 25.0 Å². The van der Waals surface area contributed by atoms with E-state index in [1.54, 1.807) is 31.4 Å². The third-order valence-corrected chi connectivity index (χ3v) is 4.96. The lowest BCUT2D eigenvalue weighted by molar-refractivity contribution is -0.124. The van der Waals surface area contributed by atoms with Crippen LogP contribution in [0.4, 0.5) is 0 Å². The largest absolute Gasteiger partial charge is 0.497 e. The normalized spacial score (nSPS) is 13.7. The average molecular weight is 381 g/mol. The molecule has 1 aliphatic rings. The molecule has 2 amide bonds. The van der Waals surface area contributed by atoms with Crippen LogP contribution in [0.5, 0.6) is 5.75 Å². The van der Waals surface area contributed by atoms with Gasteiger partial charge in [-0.3, -0.25) is 9.59 Å². The van der Waals surface area contributed by atoms with E-state index in [0.717, 1.165) is 18.7 Å². The maximum Gasteiger partial charge on any atom is 0.251 e. The molecule has 1 aliphatic heterocycles. The molecule has 0 aromatic heterocycles. The molecule has 6 heteroatoms. The van der Waals surface area contributed by atoms with Gasteiger partial charge in [0.1, 0.15) is 11.8 Å². The number of nitrogens with one attached hydrogen (secondary N) is 3. The molecule has 2 aromatic carbocycles. The summed E-state index contributed by atoms with van der Waals surface area (Å²) in [5.74, 6) is 0.182. The summed E-state index contributed by atoms with van der Waals surface area (Å²) in [5.41, 5.74) is 4.13. The van der Waals surface area contributed by atoms with Gasteiger partial charge in [0.05, 0.1) is 7.11 Å². The number of carbonyl (C=O) groups excluding carboxylic acids is 2. The van der Waals surface area contributed by atoms with Gasteiger partial charge in [0.15, 0.2) is 0 Å². The molecule has 0 saturated carbocycles.